The number of benzene rings is 1. The molecule has 1 aromatic carbocycles. The van der Waals surface area contributed by atoms with Gasteiger partial charge in [-0.25, -0.2) is 8.42 Å². The first-order chi connectivity index (χ1) is 9.48. The molecule has 5 nitrogen and oxygen atoms in total. The van der Waals surface area contributed by atoms with Gasteiger partial charge in [-0.3, -0.25) is 4.79 Å². The normalized spacial score (nSPS) is 17.5. The Bertz CT molecular complexity index is 694. The molecule has 1 saturated carbocycles. The standard InChI is InChI=1S/C12H13F3N2O3S/c1-7-6-8(12(13,14)15)2-3-9(7)21(19,20)17-11(4-5-11)10(16)18/h2-3,6,17H,4-5H2,1H3,(H2,16,18). The smallest absolute Gasteiger partial charge is 0.368 e. The van der Waals surface area contributed by atoms with Gasteiger partial charge in [0.2, 0.25) is 15.9 Å². The monoisotopic (exact) mass is 322 g/mol. The van der Waals surface area contributed by atoms with E-state index in [-0.39, 0.29) is 23.3 Å². The first kappa shape index (κ1) is 15.8. The van der Waals surface area contributed by atoms with E-state index in [1.807, 2.05) is 0 Å². The second-order valence-corrected chi connectivity index (χ2v) is 6.68. The Morgan fingerprint density at radius 1 is 1.33 bits per heavy atom. The van der Waals surface area contributed by atoms with Crippen LogP contribution in [0.25, 0.3) is 0 Å². The third kappa shape index (κ3) is 3.03. The minimum Gasteiger partial charge on any atom is -0.368 e. The molecule has 0 heterocycles. The lowest BCUT2D eigenvalue weighted by Crippen LogP contribution is -2.46. The summed E-state index contributed by atoms with van der Waals surface area (Å²) in [5, 5.41) is 0. The van der Waals surface area contributed by atoms with E-state index in [0.29, 0.717) is 6.07 Å². The molecular formula is C12H13F3N2O3S. The molecule has 0 aliphatic heterocycles. The van der Waals surface area contributed by atoms with Crippen molar-refractivity contribution in [2.24, 2.45) is 5.73 Å². The zero-order valence-corrected chi connectivity index (χ0v) is 11.8. The molecule has 1 aromatic rings. The van der Waals surface area contributed by atoms with Crippen LogP contribution in [-0.2, 0) is 21.0 Å². The topological polar surface area (TPSA) is 89.3 Å². The maximum absolute atomic E-state index is 12.6. The molecule has 1 amide bonds. The molecule has 0 spiro atoms. The van der Waals surface area contributed by atoms with Gasteiger partial charge >= 0.3 is 6.18 Å². The summed E-state index contributed by atoms with van der Waals surface area (Å²) >= 11 is 0. The number of amides is 1. The molecule has 0 aromatic heterocycles. The summed E-state index contributed by atoms with van der Waals surface area (Å²) in [6.45, 7) is 1.26. The van der Waals surface area contributed by atoms with Crippen LogP contribution in [0.1, 0.15) is 24.0 Å². The van der Waals surface area contributed by atoms with Crippen LogP contribution in [0.2, 0.25) is 0 Å². The highest BCUT2D eigenvalue weighted by atomic mass is 32.2. The van der Waals surface area contributed by atoms with Gasteiger partial charge in [-0.05, 0) is 43.5 Å². The number of nitrogens with one attached hydrogen (secondary N) is 1. The second kappa shape index (κ2) is 4.70. The average molecular weight is 322 g/mol. The van der Waals surface area contributed by atoms with Gasteiger partial charge in [-0.15, -0.1) is 0 Å². The van der Waals surface area contributed by atoms with Crippen LogP contribution in [0, 0.1) is 6.92 Å². The molecule has 0 unspecified atom stereocenters. The van der Waals surface area contributed by atoms with Crippen LogP contribution in [-0.4, -0.2) is 19.9 Å². The number of carbonyl (C=O) groups is 1. The molecule has 1 aliphatic carbocycles. The number of sulfonamides is 1. The van der Waals surface area contributed by atoms with Crippen LogP contribution in [0.5, 0.6) is 0 Å². The highest BCUT2D eigenvalue weighted by Gasteiger charge is 2.51. The molecule has 2 rings (SSSR count). The van der Waals surface area contributed by atoms with Crippen molar-refractivity contribution >= 4 is 15.9 Å². The minimum atomic E-state index is -4.55. The molecule has 0 saturated heterocycles. The number of nitrogens with two attached hydrogens (primary N) is 1. The van der Waals surface area contributed by atoms with Crippen LogP contribution in [0.3, 0.4) is 0 Å². The van der Waals surface area contributed by atoms with Crippen molar-refractivity contribution in [1.29, 1.82) is 0 Å². The van der Waals surface area contributed by atoms with E-state index in [4.69, 9.17) is 5.73 Å². The van der Waals surface area contributed by atoms with Gasteiger partial charge < -0.3 is 5.73 Å². The minimum absolute atomic E-state index is 0.0578. The van der Waals surface area contributed by atoms with E-state index in [2.05, 4.69) is 4.72 Å². The number of primary amides is 1. The molecule has 0 atom stereocenters. The van der Waals surface area contributed by atoms with Crippen molar-refractivity contribution in [3.8, 4) is 0 Å². The summed E-state index contributed by atoms with van der Waals surface area (Å²) in [4.78, 5) is 10.9. The number of alkyl halides is 3. The molecule has 21 heavy (non-hydrogen) atoms. The van der Waals surface area contributed by atoms with Gasteiger partial charge in [0, 0.05) is 0 Å². The summed E-state index contributed by atoms with van der Waals surface area (Å²) in [5.74, 6) is -0.796. The Labute approximate surface area is 119 Å². The second-order valence-electron chi connectivity index (χ2n) is 5.03. The highest BCUT2D eigenvalue weighted by molar-refractivity contribution is 7.89. The first-order valence-electron chi connectivity index (χ1n) is 6.00. The SMILES string of the molecule is Cc1cc(C(F)(F)F)ccc1S(=O)(=O)NC1(C(N)=O)CC1. The number of carbonyl (C=O) groups excluding carboxylic acids is 1. The van der Waals surface area contributed by atoms with E-state index in [0.717, 1.165) is 12.1 Å². The largest absolute Gasteiger partial charge is 0.416 e. The quantitative estimate of drug-likeness (QED) is 0.876. The Balaban J connectivity index is 2.36. The van der Waals surface area contributed by atoms with Crippen molar-refractivity contribution in [1.82, 2.24) is 4.72 Å². The van der Waals surface area contributed by atoms with E-state index in [1.54, 1.807) is 0 Å². The third-order valence-electron chi connectivity index (χ3n) is 3.34. The molecule has 1 fully saturated rings. The van der Waals surface area contributed by atoms with E-state index in [9.17, 15) is 26.4 Å². The van der Waals surface area contributed by atoms with E-state index >= 15 is 0 Å². The Kier molecular flexibility index (Phi) is 3.53. The molecule has 0 radical (unpaired) electrons. The fraction of sp³-hybridized carbons (Fsp3) is 0.417. The van der Waals surface area contributed by atoms with Gasteiger partial charge in [0.1, 0.15) is 5.54 Å². The zero-order valence-electron chi connectivity index (χ0n) is 11.0. The summed E-state index contributed by atoms with van der Waals surface area (Å²) in [5.41, 5.74) is 2.82. The predicted octanol–water partition coefficient (Wildman–Crippen LogP) is 1.31. The van der Waals surface area contributed by atoms with Gasteiger partial charge in [0.05, 0.1) is 10.5 Å². The molecule has 0 bridgehead atoms. The molecule has 116 valence electrons. The van der Waals surface area contributed by atoms with Crippen LogP contribution < -0.4 is 10.5 Å². The number of hydrogen-bond donors (Lipinski definition) is 2. The lowest BCUT2D eigenvalue weighted by atomic mass is 10.1. The molecule has 3 N–H and O–H groups in total. The Morgan fingerprint density at radius 2 is 1.90 bits per heavy atom. The predicted molar refractivity (Wildman–Crippen MR) is 67.7 cm³/mol. The van der Waals surface area contributed by atoms with E-state index < -0.39 is 33.2 Å². The highest BCUT2D eigenvalue weighted by Crippen LogP contribution is 2.37. The van der Waals surface area contributed by atoms with Crippen LogP contribution in [0.4, 0.5) is 13.2 Å². The van der Waals surface area contributed by atoms with Gasteiger partial charge in [-0.1, -0.05) is 0 Å². The maximum atomic E-state index is 12.6. The van der Waals surface area contributed by atoms with Crippen LogP contribution >= 0.6 is 0 Å². The number of halogens is 3. The van der Waals surface area contributed by atoms with E-state index in [1.165, 1.54) is 6.92 Å². The van der Waals surface area contributed by atoms with Gasteiger partial charge in [-0.2, -0.15) is 17.9 Å². The van der Waals surface area contributed by atoms with Crippen molar-refractivity contribution < 1.29 is 26.4 Å². The molecule has 1 aliphatic rings. The first-order valence-corrected chi connectivity index (χ1v) is 7.48. The Hall–Kier alpha value is -1.61. The summed E-state index contributed by atoms with van der Waals surface area (Å²) in [6.07, 6.45) is -3.99. The maximum Gasteiger partial charge on any atom is 0.416 e. The van der Waals surface area contributed by atoms with Crippen molar-refractivity contribution in [2.75, 3.05) is 0 Å². The number of hydrogen-bond acceptors (Lipinski definition) is 3. The van der Waals surface area contributed by atoms with Crippen LogP contribution in [0.15, 0.2) is 23.1 Å². The van der Waals surface area contributed by atoms with Crippen molar-refractivity contribution in [3.05, 3.63) is 29.3 Å². The van der Waals surface area contributed by atoms with Gasteiger partial charge in [0.15, 0.2) is 0 Å². The average Bonchev–Trinajstić information content (AvgIpc) is 3.07. The van der Waals surface area contributed by atoms with Crippen molar-refractivity contribution in [2.45, 2.75) is 36.4 Å². The fourth-order valence-corrected chi connectivity index (χ4v) is 3.62. The molecule has 9 heteroatoms. The van der Waals surface area contributed by atoms with Crippen molar-refractivity contribution in [3.63, 3.8) is 0 Å². The zero-order chi connectivity index (χ0) is 16.1. The molecular weight excluding hydrogens is 309 g/mol. The summed E-state index contributed by atoms with van der Waals surface area (Å²) in [7, 11) is -4.11. The third-order valence-corrected chi connectivity index (χ3v) is 5.04. The fourth-order valence-electron chi connectivity index (χ4n) is 1.96. The van der Waals surface area contributed by atoms with Gasteiger partial charge in [0.25, 0.3) is 0 Å². The summed E-state index contributed by atoms with van der Waals surface area (Å²) < 4.78 is 64.2. The lowest BCUT2D eigenvalue weighted by molar-refractivity contribution is -0.137. The Morgan fingerprint density at radius 3 is 2.29 bits per heavy atom. The summed E-state index contributed by atoms with van der Waals surface area (Å²) in [6, 6.07) is 2.31. The number of aryl methyl sites for hydroxylation is 1. The number of rotatable bonds is 4. The lowest BCUT2D eigenvalue weighted by Gasteiger charge is -2.16.